The highest BCUT2D eigenvalue weighted by Crippen LogP contribution is 2.17. The van der Waals surface area contributed by atoms with Crippen molar-refractivity contribution in [1.82, 2.24) is 5.32 Å². The molecule has 1 amide bonds. The van der Waals surface area contributed by atoms with Crippen molar-refractivity contribution < 1.29 is 19.4 Å². The van der Waals surface area contributed by atoms with E-state index in [4.69, 9.17) is 9.84 Å². The lowest BCUT2D eigenvalue weighted by molar-refractivity contribution is -0.139. The molecule has 80 valence electrons. The topological polar surface area (TPSA) is 75.6 Å². The van der Waals surface area contributed by atoms with Gasteiger partial charge in [-0.1, -0.05) is 12.1 Å². The fraction of sp³-hybridized carbons (Fsp3) is 0.200. The van der Waals surface area contributed by atoms with E-state index in [1.165, 1.54) is 7.05 Å². The number of benzene rings is 1. The van der Waals surface area contributed by atoms with Gasteiger partial charge in [0.2, 0.25) is 0 Å². The van der Waals surface area contributed by atoms with Crippen molar-refractivity contribution in [2.75, 3.05) is 13.7 Å². The number of hydrogen-bond donors (Lipinski definition) is 2. The Bertz CT molecular complexity index is 375. The van der Waals surface area contributed by atoms with E-state index in [1.54, 1.807) is 24.3 Å². The summed E-state index contributed by atoms with van der Waals surface area (Å²) in [5.74, 6) is -1.13. The van der Waals surface area contributed by atoms with Crippen molar-refractivity contribution >= 4 is 11.9 Å². The number of carbonyl (C=O) groups excluding carboxylic acids is 1. The summed E-state index contributed by atoms with van der Waals surface area (Å²) in [5, 5.41) is 10.9. The zero-order valence-electron chi connectivity index (χ0n) is 8.19. The van der Waals surface area contributed by atoms with E-state index in [0.29, 0.717) is 5.56 Å². The number of hydrogen-bond acceptors (Lipinski definition) is 3. The molecule has 0 saturated heterocycles. The molecule has 0 heterocycles. The number of rotatable bonds is 4. The second-order valence-electron chi connectivity index (χ2n) is 2.76. The third-order valence-corrected chi connectivity index (χ3v) is 1.71. The number of amides is 1. The minimum atomic E-state index is -1.08. The van der Waals surface area contributed by atoms with E-state index in [1.807, 2.05) is 0 Å². The van der Waals surface area contributed by atoms with Gasteiger partial charge in [0.05, 0.1) is 5.56 Å². The molecule has 0 atom stereocenters. The first-order valence-electron chi connectivity index (χ1n) is 4.31. The van der Waals surface area contributed by atoms with Crippen LogP contribution in [0, 0.1) is 0 Å². The van der Waals surface area contributed by atoms with Crippen LogP contribution in [0.3, 0.4) is 0 Å². The summed E-state index contributed by atoms with van der Waals surface area (Å²) in [6, 6.07) is 6.46. The third-order valence-electron chi connectivity index (χ3n) is 1.71. The Labute approximate surface area is 86.7 Å². The molecule has 15 heavy (non-hydrogen) atoms. The molecular formula is C10H11NO4. The maximum atomic E-state index is 11.3. The first kappa shape index (κ1) is 11.0. The molecule has 5 nitrogen and oxygen atoms in total. The van der Waals surface area contributed by atoms with Crippen LogP contribution in [-0.2, 0) is 4.79 Å². The number of para-hydroxylation sites is 1. The van der Waals surface area contributed by atoms with Crippen LogP contribution in [0.15, 0.2) is 24.3 Å². The van der Waals surface area contributed by atoms with Crippen LogP contribution in [0.2, 0.25) is 0 Å². The molecule has 0 radical (unpaired) electrons. The van der Waals surface area contributed by atoms with Gasteiger partial charge in [-0.15, -0.1) is 0 Å². The van der Waals surface area contributed by atoms with Crippen molar-refractivity contribution in [3.05, 3.63) is 29.8 Å². The Kier molecular flexibility index (Phi) is 3.68. The van der Waals surface area contributed by atoms with E-state index >= 15 is 0 Å². The monoisotopic (exact) mass is 209 g/mol. The van der Waals surface area contributed by atoms with E-state index < -0.39 is 12.6 Å². The summed E-state index contributed by atoms with van der Waals surface area (Å²) in [5.41, 5.74) is 0.321. The molecule has 0 unspecified atom stereocenters. The predicted molar refractivity (Wildman–Crippen MR) is 53.0 cm³/mol. The van der Waals surface area contributed by atoms with Gasteiger partial charge in [0.25, 0.3) is 5.91 Å². The zero-order valence-corrected chi connectivity index (χ0v) is 8.19. The summed E-state index contributed by atoms with van der Waals surface area (Å²) < 4.78 is 4.96. The average Bonchev–Trinajstić information content (AvgIpc) is 2.25. The third kappa shape index (κ3) is 2.98. The fourth-order valence-electron chi connectivity index (χ4n) is 1.05. The van der Waals surface area contributed by atoms with Crippen LogP contribution in [0.25, 0.3) is 0 Å². The van der Waals surface area contributed by atoms with Gasteiger partial charge >= 0.3 is 5.97 Å². The van der Waals surface area contributed by atoms with Gasteiger partial charge in [-0.25, -0.2) is 4.79 Å². The molecule has 0 aliphatic carbocycles. The van der Waals surface area contributed by atoms with Gasteiger partial charge < -0.3 is 15.2 Å². The molecule has 0 spiro atoms. The van der Waals surface area contributed by atoms with E-state index in [0.717, 1.165) is 0 Å². The number of nitrogens with one attached hydrogen (secondary N) is 1. The van der Waals surface area contributed by atoms with Crippen molar-refractivity contribution in [3.63, 3.8) is 0 Å². The largest absolute Gasteiger partial charge is 0.481 e. The van der Waals surface area contributed by atoms with Gasteiger partial charge in [-0.2, -0.15) is 0 Å². The molecule has 0 bridgehead atoms. The number of ether oxygens (including phenoxy) is 1. The SMILES string of the molecule is CNC(=O)c1ccccc1OCC(=O)O. The number of carboxylic acids is 1. The molecule has 0 aliphatic rings. The molecule has 2 N–H and O–H groups in total. The molecule has 1 aromatic rings. The lowest BCUT2D eigenvalue weighted by Gasteiger charge is -2.08. The zero-order chi connectivity index (χ0) is 11.3. The van der Waals surface area contributed by atoms with Crippen LogP contribution in [0.1, 0.15) is 10.4 Å². The average molecular weight is 209 g/mol. The summed E-state index contributed by atoms with van der Waals surface area (Å²) in [7, 11) is 1.50. The Hall–Kier alpha value is -2.04. The molecule has 5 heteroatoms. The maximum absolute atomic E-state index is 11.3. The van der Waals surface area contributed by atoms with E-state index in [9.17, 15) is 9.59 Å². The molecule has 0 saturated carbocycles. The van der Waals surface area contributed by atoms with Gasteiger partial charge in [0.15, 0.2) is 6.61 Å². The molecule has 1 aromatic carbocycles. The highest BCUT2D eigenvalue weighted by atomic mass is 16.5. The maximum Gasteiger partial charge on any atom is 0.341 e. The number of carboxylic acid groups (broad SMARTS) is 1. The van der Waals surface area contributed by atoms with Gasteiger partial charge in [0.1, 0.15) is 5.75 Å². The predicted octanol–water partition coefficient (Wildman–Crippen LogP) is 0.510. The Morgan fingerprint density at radius 3 is 2.67 bits per heavy atom. The minimum Gasteiger partial charge on any atom is -0.481 e. The number of aliphatic carboxylic acids is 1. The van der Waals surface area contributed by atoms with Crippen LogP contribution >= 0.6 is 0 Å². The number of carbonyl (C=O) groups is 2. The standard InChI is InChI=1S/C10H11NO4/c1-11-10(14)7-4-2-3-5-8(7)15-6-9(12)13/h2-5H,6H2,1H3,(H,11,14)(H,12,13). The van der Waals surface area contributed by atoms with Crippen LogP contribution in [0.5, 0.6) is 5.75 Å². The van der Waals surface area contributed by atoms with E-state index in [2.05, 4.69) is 5.32 Å². The minimum absolute atomic E-state index is 0.263. The lowest BCUT2D eigenvalue weighted by Crippen LogP contribution is -2.19. The summed E-state index contributed by atoms with van der Waals surface area (Å²) >= 11 is 0. The van der Waals surface area contributed by atoms with Gasteiger partial charge in [0, 0.05) is 7.05 Å². The summed E-state index contributed by atoms with van der Waals surface area (Å²) in [6.07, 6.45) is 0. The Morgan fingerprint density at radius 1 is 1.40 bits per heavy atom. The van der Waals surface area contributed by atoms with Crippen molar-refractivity contribution in [3.8, 4) is 5.75 Å². The smallest absolute Gasteiger partial charge is 0.341 e. The highest BCUT2D eigenvalue weighted by Gasteiger charge is 2.10. The molecule has 0 fully saturated rings. The second kappa shape index (κ2) is 4.99. The normalized spacial score (nSPS) is 9.40. The summed E-state index contributed by atoms with van der Waals surface area (Å²) in [6.45, 7) is -0.464. The summed E-state index contributed by atoms with van der Waals surface area (Å²) in [4.78, 5) is 21.6. The molecule has 0 aliphatic heterocycles. The quantitative estimate of drug-likeness (QED) is 0.757. The Balaban J connectivity index is 2.86. The van der Waals surface area contributed by atoms with Crippen LogP contribution < -0.4 is 10.1 Å². The van der Waals surface area contributed by atoms with Gasteiger partial charge in [-0.3, -0.25) is 4.79 Å². The van der Waals surface area contributed by atoms with Gasteiger partial charge in [-0.05, 0) is 12.1 Å². The van der Waals surface area contributed by atoms with Crippen molar-refractivity contribution in [2.24, 2.45) is 0 Å². The first-order chi connectivity index (χ1) is 7.15. The lowest BCUT2D eigenvalue weighted by atomic mass is 10.2. The highest BCUT2D eigenvalue weighted by molar-refractivity contribution is 5.96. The van der Waals surface area contributed by atoms with Crippen LogP contribution in [0.4, 0.5) is 0 Å². The van der Waals surface area contributed by atoms with Crippen molar-refractivity contribution in [1.29, 1.82) is 0 Å². The molecule has 0 aromatic heterocycles. The van der Waals surface area contributed by atoms with Crippen LogP contribution in [-0.4, -0.2) is 30.6 Å². The Morgan fingerprint density at radius 2 is 2.07 bits per heavy atom. The molecular weight excluding hydrogens is 198 g/mol. The fourth-order valence-corrected chi connectivity index (χ4v) is 1.05. The first-order valence-corrected chi connectivity index (χ1v) is 4.31. The second-order valence-corrected chi connectivity index (χ2v) is 2.76. The van der Waals surface area contributed by atoms with E-state index in [-0.39, 0.29) is 11.7 Å². The molecule has 1 rings (SSSR count). The van der Waals surface area contributed by atoms with Crippen molar-refractivity contribution in [2.45, 2.75) is 0 Å².